The maximum Gasteiger partial charge on any atom is 0.203 e. The van der Waals surface area contributed by atoms with Crippen molar-refractivity contribution in [2.24, 2.45) is 0 Å². The van der Waals surface area contributed by atoms with Crippen LogP contribution in [0.1, 0.15) is 77.6 Å². The Bertz CT molecular complexity index is 2840. The van der Waals surface area contributed by atoms with E-state index in [9.17, 15) is 0 Å². The summed E-state index contributed by atoms with van der Waals surface area (Å²) in [6.45, 7) is 18.7. The van der Waals surface area contributed by atoms with Gasteiger partial charge in [-0.1, -0.05) is 159 Å². The van der Waals surface area contributed by atoms with Gasteiger partial charge in [0.25, 0.3) is 0 Å². The molecule has 8 aromatic rings. The number of pyridine rings is 1. The molecule has 4 heterocycles. The highest BCUT2D eigenvalue weighted by Crippen LogP contribution is 2.52. The molecule has 58 heavy (non-hydrogen) atoms. The van der Waals surface area contributed by atoms with E-state index in [-0.39, 0.29) is 16.2 Å². The van der Waals surface area contributed by atoms with Gasteiger partial charge in [0.05, 0.1) is 22.6 Å². The molecule has 4 nitrogen and oxygen atoms in total. The second kappa shape index (κ2) is 12.7. The molecule has 0 bridgehead atoms. The number of aromatic amines is 1. The second-order valence-electron chi connectivity index (χ2n) is 18.9. The van der Waals surface area contributed by atoms with E-state index in [0.717, 1.165) is 33.2 Å². The molecule has 2 aliphatic heterocycles. The zero-order chi connectivity index (χ0) is 40.2. The number of rotatable bonds is 4. The minimum atomic E-state index is -2.95. The van der Waals surface area contributed by atoms with Crippen molar-refractivity contribution in [3.8, 4) is 22.4 Å². The Labute approximate surface area is 343 Å². The van der Waals surface area contributed by atoms with E-state index in [1.807, 2.05) is 6.20 Å². The number of H-pyrrole nitrogens is 1. The lowest BCUT2D eigenvalue weighted by Crippen LogP contribution is -2.73. The molecule has 6 aromatic carbocycles. The molecule has 0 atom stereocenters. The van der Waals surface area contributed by atoms with Crippen LogP contribution in [0.5, 0.6) is 0 Å². The predicted molar refractivity (Wildman–Crippen MR) is 246 cm³/mol. The van der Waals surface area contributed by atoms with Crippen LogP contribution in [-0.4, -0.2) is 23.3 Å². The first-order valence-corrected chi connectivity index (χ1v) is 22.6. The zero-order valence-electron chi connectivity index (χ0n) is 34.8. The molecule has 0 amide bonds. The van der Waals surface area contributed by atoms with Crippen LogP contribution >= 0.6 is 0 Å². The normalized spacial score (nSPS) is 15.1. The molecule has 0 saturated heterocycles. The van der Waals surface area contributed by atoms with Crippen LogP contribution in [0, 0.1) is 0 Å². The fourth-order valence-electron chi connectivity index (χ4n) is 9.79. The van der Waals surface area contributed by atoms with Gasteiger partial charge in [-0.05, 0) is 102 Å². The zero-order valence-corrected chi connectivity index (χ0v) is 35.8. The van der Waals surface area contributed by atoms with E-state index < -0.39 is 8.07 Å². The van der Waals surface area contributed by atoms with E-state index in [1.54, 1.807) is 0 Å². The predicted octanol–water partition coefficient (Wildman–Crippen LogP) is 10.7. The first kappa shape index (κ1) is 36.3. The monoisotopic (exact) mass is 770 g/mol. The van der Waals surface area contributed by atoms with Crippen molar-refractivity contribution in [3.05, 3.63) is 174 Å². The van der Waals surface area contributed by atoms with Crippen molar-refractivity contribution >= 4 is 56.9 Å². The third-order valence-corrected chi connectivity index (χ3v) is 17.7. The van der Waals surface area contributed by atoms with Crippen molar-refractivity contribution in [2.75, 3.05) is 4.90 Å². The van der Waals surface area contributed by atoms with E-state index in [1.165, 1.54) is 60.3 Å². The molecule has 0 radical (unpaired) electrons. The summed E-state index contributed by atoms with van der Waals surface area (Å²) in [6.07, 6.45) is 1.99. The lowest BCUT2D eigenvalue weighted by Gasteiger charge is -2.43. The van der Waals surface area contributed by atoms with Gasteiger partial charge < -0.3 is 4.90 Å². The van der Waals surface area contributed by atoms with Gasteiger partial charge in [-0.2, -0.15) is 5.10 Å². The third-order valence-electron chi connectivity index (χ3n) is 12.9. The van der Waals surface area contributed by atoms with Gasteiger partial charge >= 0.3 is 0 Å². The van der Waals surface area contributed by atoms with Gasteiger partial charge in [-0.3, -0.25) is 10.1 Å². The van der Waals surface area contributed by atoms with Crippen LogP contribution in [0.15, 0.2) is 152 Å². The molecule has 286 valence electrons. The number of para-hydroxylation sites is 2. The van der Waals surface area contributed by atoms with Crippen molar-refractivity contribution in [1.29, 1.82) is 0 Å². The summed E-state index contributed by atoms with van der Waals surface area (Å²) >= 11 is 0. The Morgan fingerprint density at radius 3 is 1.93 bits per heavy atom. The maximum atomic E-state index is 5.31. The number of hydrogen-bond acceptors (Lipinski definition) is 3. The Hall–Kier alpha value is -6.04. The summed E-state index contributed by atoms with van der Waals surface area (Å²) in [5.74, 6) is 0. The molecule has 0 saturated carbocycles. The standard InChI is InChI=1S/C53H50N4Si/c1-51(2,3)35-23-27-47-40(31-35)41-32-36(52(4,5)6)24-28-48(41)58(47,49-22-13-14-29-54-49)38-25-26-43-46(33-38)57(45-21-12-10-19-42(45)53(43,7)8)37-17-15-16-34(30-37)50-39-18-9-11-20-44(39)55-56-50/h9-33H,1-8H3,(H,55,56). The van der Waals surface area contributed by atoms with Crippen LogP contribution in [0.2, 0.25) is 0 Å². The molecule has 2 aliphatic rings. The molecular formula is C53H50N4Si. The first-order chi connectivity index (χ1) is 27.8. The summed E-state index contributed by atoms with van der Waals surface area (Å²) in [6, 6.07) is 54.8. The van der Waals surface area contributed by atoms with Crippen LogP contribution in [0.25, 0.3) is 33.3 Å². The third kappa shape index (κ3) is 5.32. The Kier molecular flexibility index (Phi) is 7.97. The summed E-state index contributed by atoms with van der Waals surface area (Å²) in [5.41, 5.74) is 14.4. The van der Waals surface area contributed by atoms with E-state index in [2.05, 4.69) is 211 Å². The minimum absolute atomic E-state index is 0.0106. The average Bonchev–Trinajstić information content (AvgIpc) is 3.78. The Morgan fingerprint density at radius 1 is 0.586 bits per heavy atom. The van der Waals surface area contributed by atoms with Crippen LogP contribution in [0.3, 0.4) is 0 Å². The fraction of sp³-hybridized carbons (Fsp3) is 0.208. The maximum absolute atomic E-state index is 5.31. The van der Waals surface area contributed by atoms with E-state index >= 15 is 0 Å². The Balaban J connectivity index is 1.26. The van der Waals surface area contributed by atoms with Crippen molar-refractivity contribution < 1.29 is 0 Å². The van der Waals surface area contributed by atoms with Gasteiger partial charge in [0.1, 0.15) is 0 Å². The van der Waals surface area contributed by atoms with Crippen LogP contribution in [-0.2, 0) is 16.2 Å². The summed E-state index contributed by atoms with van der Waals surface area (Å²) in [7, 11) is -2.95. The lowest BCUT2D eigenvalue weighted by molar-refractivity contribution is 0.589. The Morgan fingerprint density at radius 2 is 1.24 bits per heavy atom. The van der Waals surface area contributed by atoms with Gasteiger partial charge in [-0.25, -0.2) is 0 Å². The van der Waals surface area contributed by atoms with E-state index in [4.69, 9.17) is 10.1 Å². The minimum Gasteiger partial charge on any atom is -0.310 e. The van der Waals surface area contributed by atoms with Crippen LogP contribution in [0.4, 0.5) is 17.1 Å². The molecule has 10 rings (SSSR count). The fourth-order valence-corrected chi connectivity index (χ4v) is 14.7. The second-order valence-corrected chi connectivity index (χ2v) is 22.5. The van der Waals surface area contributed by atoms with Gasteiger partial charge in [0.15, 0.2) is 0 Å². The average molecular weight is 771 g/mol. The summed E-state index contributed by atoms with van der Waals surface area (Å²) in [5, 5.41) is 14.5. The summed E-state index contributed by atoms with van der Waals surface area (Å²) in [4.78, 5) is 7.81. The quantitative estimate of drug-likeness (QED) is 0.181. The molecule has 0 spiro atoms. The molecule has 1 N–H and O–H groups in total. The first-order valence-electron chi connectivity index (χ1n) is 20.6. The largest absolute Gasteiger partial charge is 0.310 e. The highest BCUT2D eigenvalue weighted by molar-refractivity contribution is 7.21. The number of benzene rings is 6. The van der Waals surface area contributed by atoms with Gasteiger partial charge in [-0.15, -0.1) is 0 Å². The number of nitrogens with one attached hydrogen (secondary N) is 1. The number of aromatic nitrogens is 3. The number of nitrogens with zero attached hydrogens (tertiary/aromatic N) is 3. The van der Waals surface area contributed by atoms with E-state index in [0.29, 0.717) is 0 Å². The molecular weight excluding hydrogens is 721 g/mol. The molecule has 0 fully saturated rings. The van der Waals surface area contributed by atoms with Crippen molar-refractivity contribution in [1.82, 2.24) is 15.2 Å². The van der Waals surface area contributed by atoms with Crippen LogP contribution < -0.4 is 25.8 Å². The summed E-state index contributed by atoms with van der Waals surface area (Å²) < 4.78 is 0. The molecule has 0 aliphatic carbocycles. The molecule has 2 aromatic heterocycles. The van der Waals surface area contributed by atoms with Gasteiger partial charge in [0.2, 0.25) is 8.07 Å². The van der Waals surface area contributed by atoms with Crippen molar-refractivity contribution in [3.63, 3.8) is 0 Å². The lowest BCUT2D eigenvalue weighted by atomic mass is 9.73. The SMILES string of the molecule is CC(C)(C)c1ccc2c(c1)-c1cc(C(C)(C)C)ccc1[Si]2(c1ccc2c(c1)N(c1cccc(-c3n[nH]c4ccccc34)c1)c1ccccc1C2(C)C)c1ccccn1. The highest BCUT2D eigenvalue weighted by atomic mass is 28.3. The molecule has 5 heteroatoms. The molecule has 0 unspecified atom stereocenters. The number of fused-ring (bicyclic) bond motifs is 6. The topological polar surface area (TPSA) is 44.8 Å². The number of anilines is 3. The van der Waals surface area contributed by atoms with Gasteiger partial charge in [0, 0.05) is 33.6 Å². The highest BCUT2D eigenvalue weighted by Gasteiger charge is 2.51. The van der Waals surface area contributed by atoms with Crippen molar-refractivity contribution in [2.45, 2.75) is 71.6 Å². The smallest absolute Gasteiger partial charge is 0.203 e. The number of hydrogen-bond donors (Lipinski definition) is 1.